The molecule has 2 heterocycles. The maximum atomic E-state index is 12.5. The Morgan fingerprint density at radius 1 is 1.39 bits per heavy atom. The third-order valence-corrected chi connectivity index (χ3v) is 2.43. The minimum absolute atomic E-state index is 0.308. The fraction of sp³-hybridized carbons (Fsp3) is 0.273. The van der Waals surface area contributed by atoms with E-state index in [-0.39, 0.29) is 6.04 Å². The van der Waals surface area contributed by atoms with Gasteiger partial charge in [-0.1, -0.05) is 6.07 Å². The van der Waals surface area contributed by atoms with Crippen molar-refractivity contribution in [1.82, 2.24) is 14.8 Å². The van der Waals surface area contributed by atoms with Gasteiger partial charge in [-0.05, 0) is 13.0 Å². The molecule has 2 aromatic heterocycles. The van der Waals surface area contributed by atoms with E-state index in [1.54, 1.807) is 19.1 Å². The average Bonchev–Trinajstić information content (AvgIpc) is 2.77. The molecule has 2 N–H and O–H groups in total. The van der Waals surface area contributed by atoms with Crippen molar-refractivity contribution in [1.29, 1.82) is 0 Å². The van der Waals surface area contributed by atoms with E-state index < -0.39 is 11.7 Å². The molecule has 0 amide bonds. The molecule has 0 radical (unpaired) electrons. The normalized spacial score (nSPS) is 13.6. The molecule has 2 aromatic rings. The molecular weight excluding hydrogens is 245 g/mol. The number of aromatic nitrogens is 3. The molecule has 0 aliphatic heterocycles. The van der Waals surface area contributed by atoms with Gasteiger partial charge in [0, 0.05) is 24.0 Å². The van der Waals surface area contributed by atoms with Crippen LogP contribution in [0.2, 0.25) is 0 Å². The summed E-state index contributed by atoms with van der Waals surface area (Å²) < 4.78 is 38.5. The summed E-state index contributed by atoms with van der Waals surface area (Å²) in [6.45, 7) is 1.73. The van der Waals surface area contributed by atoms with Gasteiger partial charge in [-0.15, -0.1) is 0 Å². The number of halogens is 3. The van der Waals surface area contributed by atoms with Crippen LogP contribution in [0, 0.1) is 0 Å². The molecule has 0 spiro atoms. The Hall–Kier alpha value is -1.89. The van der Waals surface area contributed by atoms with Crippen molar-refractivity contribution >= 4 is 0 Å². The minimum atomic E-state index is -4.42. The van der Waals surface area contributed by atoms with Crippen LogP contribution in [0.15, 0.2) is 30.7 Å². The van der Waals surface area contributed by atoms with Crippen LogP contribution in [0.1, 0.15) is 24.1 Å². The first-order chi connectivity index (χ1) is 8.39. The highest BCUT2D eigenvalue weighted by Gasteiger charge is 2.32. The Labute approximate surface area is 101 Å². The van der Waals surface area contributed by atoms with Crippen LogP contribution in [-0.2, 0) is 6.18 Å². The lowest BCUT2D eigenvalue weighted by Crippen LogP contribution is -2.11. The largest absolute Gasteiger partial charge is 0.419 e. The van der Waals surface area contributed by atoms with Gasteiger partial charge in [-0.25, -0.2) is 9.67 Å². The summed E-state index contributed by atoms with van der Waals surface area (Å²) in [4.78, 5) is 4.02. The van der Waals surface area contributed by atoms with Crippen molar-refractivity contribution in [2.24, 2.45) is 5.73 Å². The third kappa shape index (κ3) is 2.35. The maximum Gasteiger partial charge on any atom is 0.419 e. The van der Waals surface area contributed by atoms with Gasteiger partial charge in [-0.2, -0.15) is 18.3 Å². The summed E-state index contributed by atoms with van der Waals surface area (Å²) in [7, 11) is 0. The molecule has 0 aromatic carbocycles. The highest BCUT2D eigenvalue weighted by Crippen LogP contribution is 2.29. The Bertz CT molecular complexity index is 545. The van der Waals surface area contributed by atoms with Gasteiger partial charge in [0.25, 0.3) is 0 Å². The van der Waals surface area contributed by atoms with E-state index in [9.17, 15) is 13.2 Å². The van der Waals surface area contributed by atoms with E-state index >= 15 is 0 Å². The highest BCUT2D eigenvalue weighted by atomic mass is 19.4. The smallest absolute Gasteiger partial charge is 0.324 e. The fourth-order valence-electron chi connectivity index (χ4n) is 1.54. The quantitative estimate of drug-likeness (QED) is 0.897. The molecule has 0 aliphatic carbocycles. The first kappa shape index (κ1) is 12.6. The second-order valence-corrected chi connectivity index (χ2v) is 3.88. The van der Waals surface area contributed by atoms with Crippen molar-refractivity contribution in [3.8, 4) is 5.82 Å². The topological polar surface area (TPSA) is 56.7 Å². The van der Waals surface area contributed by atoms with Gasteiger partial charge in [0.1, 0.15) is 0 Å². The van der Waals surface area contributed by atoms with E-state index in [1.165, 1.54) is 6.20 Å². The molecule has 7 heteroatoms. The second-order valence-electron chi connectivity index (χ2n) is 3.88. The van der Waals surface area contributed by atoms with Crippen LogP contribution in [0.25, 0.3) is 5.82 Å². The van der Waals surface area contributed by atoms with Gasteiger partial charge in [0.05, 0.1) is 11.8 Å². The van der Waals surface area contributed by atoms with Gasteiger partial charge < -0.3 is 5.73 Å². The molecule has 0 saturated carbocycles. The molecule has 1 atom stereocenters. The predicted molar refractivity (Wildman–Crippen MR) is 59.0 cm³/mol. The van der Waals surface area contributed by atoms with Crippen LogP contribution in [-0.4, -0.2) is 14.8 Å². The minimum Gasteiger partial charge on any atom is -0.324 e. The number of hydrogen-bond donors (Lipinski definition) is 1. The van der Waals surface area contributed by atoms with E-state index in [1.807, 2.05) is 0 Å². The average molecular weight is 256 g/mol. The molecular formula is C11H11F3N4. The zero-order chi connectivity index (χ0) is 13.3. The monoisotopic (exact) mass is 256 g/mol. The number of nitrogens with two attached hydrogens (primary N) is 1. The van der Waals surface area contributed by atoms with E-state index in [4.69, 9.17) is 5.73 Å². The van der Waals surface area contributed by atoms with Crippen LogP contribution in [0.4, 0.5) is 13.2 Å². The number of rotatable bonds is 2. The maximum absolute atomic E-state index is 12.5. The predicted octanol–water partition coefficient (Wildman–Crippen LogP) is 2.31. The van der Waals surface area contributed by atoms with Crippen molar-refractivity contribution < 1.29 is 13.2 Å². The van der Waals surface area contributed by atoms with Gasteiger partial charge in [-0.3, -0.25) is 0 Å². The molecule has 0 aliphatic rings. The standard InChI is InChI=1S/C11H11F3N4/c1-7(15)9-3-2-4-16-10(9)18-6-8(5-17-18)11(12,13)14/h2-7H,15H2,1H3/t7-/m1/s1. The first-order valence-electron chi connectivity index (χ1n) is 5.22. The second kappa shape index (κ2) is 4.41. The highest BCUT2D eigenvalue weighted by molar-refractivity contribution is 5.35. The summed E-state index contributed by atoms with van der Waals surface area (Å²) >= 11 is 0. The zero-order valence-electron chi connectivity index (χ0n) is 9.52. The van der Waals surface area contributed by atoms with E-state index in [0.29, 0.717) is 11.4 Å². The van der Waals surface area contributed by atoms with Gasteiger partial charge >= 0.3 is 6.18 Å². The Kier molecular flexibility index (Phi) is 3.08. The van der Waals surface area contributed by atoms with Crippen LogP contribution in [0.5, 0.6) is 0 Å². The molecule has 96 valence electrons. The summed E-state index contributed by atoms with van der Waals surface area (Å²) in [6.07, 6.45) is -1.27. The molecule has 4 nitrogen and oxygen atoms in total. The number of hydrogen-bond acceptors (Lipinski definition) is 3. The van der Waals surface area contributed by atoms with Crippen LogP contribution >= 0.6 is 0 Å². The number of alkyl halides is 3. The zero-order valence-corrected chi connectivity index (χ0v) is 9.52. The first-order valence-corrected chi connectivity index (χ1v) is 5.22. The number of pyridine rings is 1. The summed E-state index contributed by atoms with van der Waals surface area (Å²) in [5.74, 6) is 0.308. The van der Waals surface area contributed by atoms with Crippen LogP contribution in [0.3, 0.4) is 0 Å². The lowest BCUT2D eigenvalue weighted by molar-refractivity contribution is -0.137. The summed E-state index contributed by atoms with van der Waals surface area (Å²) in [6, 6.07) is 3.05. The van der Waals surface area contributed by atoms with Crippen LogP contribution < -0.4 is 5.73 Å². The summed E-state index contributed by atoms with van der Waals surface area (Å²) in [5.41, 5.74) is 5.56. The van der Waals surface area contributed by atoms with Gasteiger partial charge in [0.2, 0.25) is 0 Å². The molecule has 0 bridgehead atoms. The Morgan fingerprint density at radius 3 is 2.67 bits per heavy atom. The molecule has 0 saturated heterocycles. The Balaban J connectivity index is 2.47. The summed E-state index contributed by atoms with van der Waals surface area (Å²) in [5, 5.41) is 3.67. The van der Waals surface area contributed by atoms with Crippen molar-refractivity contribution in [3.63, 3.8) is 0 Å². The SMILES string of the molecule is C[C@@H](N)c1cccnc1-n1cc(C(F)(F)F)cn1. The Morgan fingerprint density at radius 2 is 2.11 bits per heavy atom. The van der Waals surface area contributed by atoms with Crippen molar-refractivity contribution in [3.05, 3.63) is 41.9 Å². The lowest BCUT2D eigenvalue weighted by Gasteiger charge is -2.10. The van der Waals surface area contributed by atoms with E-state index in [0.717, 1.165) is 17.1 Å². The number of nitrogens with zero attached hydrogens (tertiary/aromatic N) is 3. The van der Waals surface area contributed by atoms with E-state index in [2.05, 4.69) is 10.1 Å². The lowest BCUT2D eigenvalue weighted by atomic mass is 10.1. The fourth-order valence-corrected chi connectivity index (χ4v) is 1.54. The molecule has 2 rings (SSSR count). The molecule has 0 unspecified atom stereocenters. The van der Waals surface area contributed by atoms with Crippen molar-refractivity contribution in [2.45, 2.75) is 19.1 Å². The van der Waals surface area contributed by atoms with Gasteiger partial charge in [0.15, 0.2) is 5.82 Å². The van der Waals surface area contributed by atoms with Crippen molar-refractivity contribution in [2.75, 3.05) is 0 Å². The third-order valence-electron chi connectivity index (χ3n) is 2.43. The molecule has 18 heavy (non-hydrogen) atoms. The molecule has 0 fully saturated rings.